The second-order valence-corrected chi connectivity index (χ2v) is 5.94. The molecule has 20 heavy (non-hydrogen) atoms. The largest absolute Gasteiger partial charge is 0.492 e. The van der Waals surface area contributed by atoms with Crippen molar-refractivity contribution in [1.82, 2.24) is 0 Å². The zero-order valence-electron chi connectivity index (χ0n) is 13.1. The van der Waals surface area contributed by atoms with Gasteiger partial charge in [-0.3, -0.25) is 0 Å². The summed E-state index contributed by atoms with van der Waals surface area (Å²) in [5.41, 5.74) is 1.35. The first kappa shape index (κ1) is 17.3. The smallest absolute Gasteiger partial charge is 0.137 e. The Morgan fingerprint density at radius 1 is 0.900 bits per heavy atom. The van der Waals surface area contributed by atoms with Gasteiger partial charge in [0.15, 0.2) is 0 Å². The number of aryl methyl sites for hydroxylation is 1. The zero-order valence-corrected chi connectivity index (χ0v) is 13.9. The fourth-order valence-corrected chi connectivity index (χ4v) is 2.54. The average Bonchev–Trinajstić information content (AvgIpc) is 2.45. The van der Waals surface area contributed by atoms with Crippen LogP contribution in [-0.4, -0.2) is 6.61 Å². The van der Waals surface area contributed by atoms with Gasteiger partial charge in [0.2, 0.25) is 0 Å². The van der Waals surface area contributed by atoms with E-state index in [0.717, 1.165) is 36.5 Å². The van der Waals surface area contributed by atoms with E-state index in [1.807, 2.05) is 6.07 Å². The third kappa shape index (κ3) is 7.14. The third-order valence-electron chi connectivity index (χ3n) is 3.58. The van der Waals surface area contributed by atoms with Crippen molar-refractivity contribution >= 4 is 12.6 Å². The molecule has 1 nitrogen and oxygen atoms in total. The van der Waals surface area contributed by atoms with E-state index >= 15 is 0 Å². The first-order valence-electron chi connectivity index (χ1n) is 8.20. The van der Waals surface area contributed by atoms with E-state index in [1.165, 1.54) is 44.1 Å². The summed E-state index contributed by atoms with van der Waals surface area (Å²) in [6.45, 7) is 5.20. The molecule has 0 fully saturated rings. The monoisotopic (exact) mass is 293 g/mol. The predicted octanol–water partition coefficient (Wildman–Crippen LogP) is 6.32. The molecular weight excluding hydrogens is 264 g/mol. The molecule has 0 atom stereocenters. The Bertz CT molecular complexity index is 362. The number of rotatable bonds is 11. The number of unbranched alkanes of at least 4 members (excludes halogenated alkanes) is 6. The second-order valence-electron chi connectivity index (χ2n) is 5.50. The number of benzene rings is 1. The van der Waals surface area contributed by atoms with Crippen LogP contribution in [0.5, 0.6) is 5.75 Å². The van der Waals surface area contributed by atoms with Crippen molar-refractivity contribution in [1.29, 1.82) is 0 Å². The molecule has 0 saturated heterocycles. The van der Waals surface area contributed by atoms with Crippen LogP contribution in [0.15, 0.2) is 23.1 Å². The van der Waals surface area contributed by atoms with Crippen LogP contribution >= 0.6 is 12.6 Å². The van der Waals surface area contributed by atoms with Gasteiger partial charge in [-0.1, -0.05) is 71.1 Å². The maximum absolute atomic E-state index is 5.70. The first-order valence-corrected chi connectivity index (χ1v) is 8.61. The Hall–Kier alpha value is -0.760. The summed E-state index contributed by atoms with van der Waals surface area (Å²) in [6, 6.07) is 6.33. The number of hydrogen-bond acceptors (Lipinski definition) is 1. The maximum atomic E-state index is 5.70. The van der Waals surface area contributed by atoms with Crippen LogP contribution in [0.4, 0.5) is 0 Å². The van der Waals surface area contributed by atoms with Gasteiger partial charge in [0.05, 0.1) is 11.5 Å². The molecule has 1 rings (SSSR count). The van der Waals surface area contributed by atoms with Gasteiger partial charge in [0.1, 0.15) is 5.75 Å². The summed E-state index contributed by atoms with van der Waals surface area (Å²) in [5, 5.41) is 0. The molecule has 0 bridgehead atoms. The highest BCUT2D eigenvalue weighted by Crippen LogP contribution is 2.25. The second kappa shape index (κ2) is 11.0. The SMILES string of the molecule is CCCCCCCCc1ccc(OCCCC)c([S])c1. The summed E-state index contributed by atoms with van der Waals surface area (Å²) < 4.78 is 5.70. The van der Waals surface area contributed by atoms with Gasteiger partial charge in [-0.25, -0.2) is 0 Å². The Labute approximate surface area is 130 Å². The Morgan fingerprint density at radius 3 is 2.30 bits per heavy atom. The van der Waals surface area contributed by atoms with E-state index in [1.54, 1.807) is 0 Å². The van der Waals surface area contributed by atoms with Gasteiger partial charge in [-0.05, 0) is 37.0 Å². The lowest BCUT2D eigenvalue weighted by atomic mass is 10.0. The lowest BCUT2D eigenvalue weighted by molar-refractivity contribution is 0.302. The minimum absolute atomic E-state index is 0.775. The van der Waals surface area contributed by atoms with Crippen molar-refractivity contribution in [2.45, 2.75) is 76.5 Å². The van der Waals surface area contributed by atoms with Gasteiger partial charge in [0, 0.05) is 0 Å². The normalized spacial score (nSPS) is 10.7. The molecule has 0 aliphatic carbocycles. The molecule has 0 aliphatic rings. The molecule has 113 valence electrons. The quantitative estimate of drug-likeness (QED) is 0.433. The van der Waals surface area contributed by atoms with E-state index in [2.05, 4.69) is 26.0 Å². The van der Waals surface area contributed by atoms with Crippen LogP contribution < -0.4 is 4.74 Å². The fraction of sp³-hybridized carbons (Fsp3) is 0.667. The fourth-order valence-electron chi connectivity index (χ4n) is 2.26. The van der Waals surface area contributed by atoms with E-state index in [9.17, 15) is 0 Å². The minimum Gasteiger partial charge on any atom is -0.492 e. The van der Waals surface area contributed by atoms with Crippen LogP contribution in [0, 0.1) is 0 Å². The van der Waals surface area contributed by atoms with Gasteiger partial charge in [-0.2, -0.15) is 0 Å². The van der Waals surface area contributed by atoms with Crippen molar-refractivity contribution in [3.8, 4) is 5.75 Å². The molecule has 0 aliphatic heterocycles. The molecule has 1 radical (unpaired) electrons. The highest BCUT2D eigenvalue weighted by molar-refractivity contribution is 7.80. The zero-order chi connectivity index (χ0) is 14.6. The molecule has 0 N–H and O–H groups in total. The van der Waals surface area contributed by atoms with Crippen LogP contribution in [0.25, 0.3) is 0 Å². The highest BCUT2D eigenvalue weighted by atomic mass is 32.1. The predicted molar refractivity (Wildman–Crippen MR) is 89.8 cm³/mol. The van der Waals surface area contributed by atoms with E-state index in [-0.39, 0.29) is 0 Å². The lowest BCUT2D eigenvalue weighted by Gasteiger charge is -2.09. The molecule has 2 heteroatoms. The summed E-state index contributed by atoms with van der Waals surface area (Å²) in [4.78, 5) is 0.865. The topological polar surface area (TPSA) is 9.23 Å². The molecule has 0 aromatic heterocycles. The van der Waals surface area contributed by atoms with E-state index < -0.39 is 0 Å². The van der Waals surface area contributed by atoms with Crippen LogP contribution in [0.1, 0.15) is 70.8 Å². The van der Waals surface area contributed by atoms with E-state index in [0.29, 0.717) is 0 Å². The molecule has 1 aromatic carbocycles. The van der Waals surface area contributed by atoms with Gasteiger partial charge in [-0.15, -0.1) is 0 Å². The molecule has 0 unspecified atom stereocenters. The Balaban J connectivity index is 2.28. The summed E-state index contributed by atoms with van der Waals surface area (Å²) >= 11 is 5.40. The Morgan fingerprint density at radius 2 is 1.60 bits per heavy atom. The average molecular weight is 293 g/mol. The lowest BCUT2D eigenvalue weighted by Crippen LogP contribution is -1.98. The molecule has 0 saturated carbocycles. The molecule has 0 spiro atoms. The molecule has 0 heterocycles. The van der Waals surface area contributed by atoms with E-state index in [4.69, 9.17) is 17.4 Å². The maximum Gasteiger partial charge on any atom is 0.137 e. The Kier molecular flexibility index (Phi) is 9.48. The van der Waals surface area contributed by atoms with Crippen molar-refractivity contribution in [3.63, 3.8) is 0 Å². The molecule has 0 amide bonds. The molecule has 1 aromatic rings. The molecular formula is C18H29OS. The van der Waals surface area contributed by atoms with Crippen LogP contribution in [0.2, 0.25) is 0 Å². The van der Waals surface area contributed by atoms with Gasteiger partial charge >= 0.3 is 0 Å². The van der Waals surface area contributed by atoms with Crippen LogP contribution in [0.3, 0.4) is 0 Å². The van der Waals surface area contributed by atoms with Gasteiger partial charge in [0.25, 0.3) is 0 Å². The summed E-state index contributed by atoms with van der Waals surface area (Å²) in [7, 11) is 0. The van der Waals surface area contributed by atoms with Crippen molar-refractivity contribution in [2.75, 3.05) is 6.61 Å². The minimum atomic E-state index is 0.775. The van der Waals surface area contributed by atoms with Crippen LogP contribution in [-0.2, 0) is 6.42 Å². The summed E-state index contributed by atoms with van der Waals surface area (Å²) in [6.07, 6.45) is 11.4. The first-order chi connectivity index (χ1) is 9.77. The number of hydrogen-bond donors (Lipinski definition) is 0. The van der Waals surface area contributed by atoms with Crippen molar-refractivity contribution in [3.05, 3.63) is 23.8 Å². The number of ether oxygens (including phenoxy) is 1. The standard InChI is InChI=1S/C18H29OS/c1-3-5-7-8-9-10-11-16-12-13-17(18(20)15-16)19-14-6-4-2/h12-13,15H,3-11,14H2,1-2H3. The summed E-state index contributed by atoms with van der Waals surface area (Å²) in [5.74, 6) is 0.875. The van der Waals surface area contributed by atoms with Gasteiger partial charge < -0.3 is 4.74 Å². The van der Waals surface area contributed by atoms with Crippen molar-refractivity contribution in [2.24, 2.45) is 0 Å². The third-order valence-corrected chi connectivity index (χ3v) is 3.90. The van der Waals surface area contributed by atoms with Crippen molar-refractivity contribution < 1.29 is 4.74 Å². The highest BCUT2D eigenvalue weighted by Gasteiger charge is 2.03.